The van der Waals surface area contributed by atoms with Gasteiger partial charge in [-0.2, -0.15) is 5.26 Å². The van der Waals surface area contributed by atoms with Crippen LogP contribution in [0.25, 0.3) is 0 Å². The average Bonchev–Trinajstić information content (AvgIpc) is 2.36. The Kier molecular flexibility index (Phi) is 3.01. The lowest BCUT2D eigenvalue weighted by atomic mass is 9.96. The van der Waals surface area contributed by atoms with Crippen LogP contribution in [0.5, 0.6) is 5.75 Å². The number of carbonyl (C=O) groups excluding carboxylic acids is 1. The highest BCUT2D eigenvalue weighted by Crippen LogP contribution is 2.33. The van der Waals surface area contributed by atoms with E-state index in [0.717, 1.165) is 23.4 Å². The Labute approximate surface area is 100 Å². The molecule has 1 aliphatic rings. The number of nitriles is 1. The molecule has 1 atom stereocenters. The molecular weight excluding hydrogens is 216 g/mol. The highest BCUT2D eigenvalue weighted by Gasteiger charge is 2.29. The molecule has 1 aromatic rings. The molecule has 0 fully saturated rings. The molecule has 4 heteroatoms. The van der Waals surface area contributed by atoms with Gasteiger partial charge in [0.1, 0.15) is 11.8 Å². The first-order valence-electron chi connectivity index (χ1n) is 5.53. The molecular formula is C13H14N2O2. The van der Waals surface area contributed by atoms with Crippen molar-refractivity contribution in [3.05, 3.63) is 23.8 Å². The molecule has 17 heavy (non-hydrogen) atoms. The van der Waals surface area contributed by atoms with E-state index >= 15 is 0 Å². The first-order valence-corrected chi connectivity index (χ1v) is 5.53. The topological polar surface area (TPSA) is 53.3 Å². The van der Waals surface area contributed by atoms with Gasteiger partial charge in [0.15, 0.2) is 0 Å². The molecule has 0 bridgehead atoms. The van der Waals surface area contributed by atoms with Crippen LogP contribution in [-0.2, 0) is 11.2 Å². The van der Waals surface area contributed by atoms with Crippen LogP contribution in [0.3, 0.4) is 0 Å². The molecule has 1 aromatic carbocycles. The summed E-state index contributed by atoms with van der Waals surface area (Å²) in [6, 6.07) is 7.42. The third-order valence-electron chi connectivity index (χ3n) is 3.03. The van der Waals surface area contributed by atoms with Gasteiger partial charge in [0.2, 0.25) is 5.91 Å². The Morgan fingerprint density at radius 2 is 2.35 bits per heavy atom. The molecule has 1 amide bonds. The summed E-state index contributed by atoms with van der Waals surface area (Å²) in [6.45, 7) is 1.49. The number of fused-ring (bicyclic) bond motifs is 1. The van der Waals surface area contributed by atoms with Crippen molar-refractivity contribution in [3.8, 4) is 11.8 Å². The third-order valence-corrected chi connectivity index (χ3v) is 3.03. The lowest BCUT2D eigenvalue weighted by Gasteiger charge is -2.32. The van der Waals surface area contributed by atoms with E-state index in [1.807, 2.05) is 18.2 Å². The van der Waals surface area contributed by atoms with Crippen molar-refractivity contribution in [2.45, 2.75) is 25.8 Å². The van der Waals surface area contributed by atoms with E-state index in [2.05, 4.69) is 6.07 Å². The number of carbonyl (C=O) groups is 1. The minimum Gasteiger partial charge on any atom is -0.497 e. The van der Waals surface area contributed by atoms with E-state index < -0.39 is 0 Å². The molecule has 0 saturated carbocycles. The number of rotatable bonds is 1. The second-order valence-electron chi connectivity index (χ2n) is 4.07. The van der Waals surface area contributed by atoms with Crippen molar-refractivity contribution in [3.63, 3.8) is 0 Å². The quantitative estimate of drug-likeness (QED) is 0.740. The van der Waals surface area contributed by atoms with Crippen LogP contribution < -0.4 is 9.64 Å². The number of anilines is 1. The fourth-order valence-electron chi connectivity index (χ4n) is 2.22. The van der Waals surface area contributed by atoms with Crippen LogP contribution in [-0.4, -0.2) is 19.1 Å². The van der Waals surface area contributed by atoms with Gasteiger partial charge in [-0.1, -0.05) is 0 Å². The number of nitrogens with zero attached hydrogens (tertiary/aromatic N) is 2. The second-order valence-corrected chi connectivity index (χ2v) is 4.07. The second kappa shape index (κ2) is 4.46. The molecule has 1 heterocycles. The van der Waals surface area contributed by atoms with E-state index in [4.69, 9.17) is 10.00 Å². The Balaban J connectivity index is 2.47. The smallest absolute Gasteiger partial charge is 0.225 e. The molecule has 0 saturated heterocycles. The van der Waals surface area contributed by atoms with Gasteiger partial charge < -0.3 is 4.74 Å². The predicted octanol–water partition coefficient (Wildman–Crippen LogP) is 1.89. The molecule has 0 aliphatic carbocycles. The summed E-state index contributed by atoms with van der Waals surface area (Å²) in [7, 11) is 1.62. The Morgan fingerprint density at radius 1 is 1.59 bits per heavy atom. The number of hydrogen-bond donors (Lipinski definition) is 0. The number of benzene rings is 1. The van der Waals surface area contributed by atoms with E-state index in [1.165, 1.54) is 6.92 Å². The summed E-state index contributed by atoms with van der Waals surface area (Å²) >= 11 is 0. The predicted molar refractivity (Wildman–Crippen MR) is 63.9 cm³/mol. The van der Waals surface area contributed by atoms with Gasteiger partial charge >= 0.3 is 0 Å². The molecule has 1 aliphatic heterocycles. The number of ether oxygens (including phenoxy) is 1. The number of aryl methyl sites for hydroxylation is 1. The summed E-state index contributed by atoms with van der Waals surface area (Å²) < 4.78 is 5.16. The van der Waals surface area contributed by atoms with E-state index in [9.17, 15) is 4.79 Å². The average molecular weight is 230 g/mol. The van der Waals surface area contributed by atoms with Crippen molar-refractivity contribution >= 4 is 11.6 Å². The van der Waals surface area contributed by atoms with Crippen LogP contribution in [0.1, 0.15) is 18.9 Å². The van der Waals surface area contributed by atoms with Crippen molar-refractivity contribution in [1.82, 2.24) is 0 Å². The van der Waals surface area contributed by atoms with Crippen molar-refractivity contribution in [1.29, 1.82) is 5.26 Å². The molecule has 1 unspecified atom stereocenters. The van der Waals surface area contributed by atoms with E-state index in [0.29, 0.717) is 6.42 Å². The van der Waals surface area contributed by atoms with Crippen LogP contribution in [0.15, 0.2) is 18.2 Å². The summed E-state index contributed by atoms with van der Waals surface area (Å²) in [5.74, 6) is 0.685. The molecule has 0 aromatic heterocycles. The fraction of sp³-hybridized carbons (Fsp3) is 0.385. The van der Waals surface area contributed by atoms with Gasteiger partial charge in [-0.15, -0.1) is 0 Å². The zero-order valence-electron chi connectivity index (χ0n) is 9.93. The normalized spacial score (nSPS) is 18.2. The lowest BCUT2D eigenvalue weighted by molar-refractivity contribution is -0.116. The van der Waals surface area contributed by atoms with Gasteiger partial charge in [-0.3, -0.25) is 9.69 Å². The summed E-state index contributed by atoms with van der Waals surface area (Å²) in [5, 5.41) is 9.07. The Bertz CT molecular complexity index is 491. The number of hydrogen-bond acceptors (Lipinski definition) is 3. The van der Waals surface area contributed by atoms with Crippen LogP contribution in [0.2, 0.25) is 0 Å². The molecule has 0 spiro atoms. The maximum atomic E-state index is 11.6. The van der Waals surface area contributed by atoms with Crippen molar-refractivity contribution < 1.29 is 9.53 Å². The minimum atomic E-state index is -0.353. The molecule has 2 rings (SSSR count). The van der Waals surface area contributed by atoms with E-state index in [1.54, 1.807) is 12.0 Å². The standard InChI is InChI=1S/C13H14N2O2/c1-9(16)15-11(8-14)4-3-10-7-12(17-2)5-6-13(10)15/h5-7,11H,3-4H2,1-2H3. The SMILES string of the molecule is COc1ccc2c(c1)CCC(C#N)N2C(C)=O. The fourth-order valence-corrected chi connectivity index (χ4v) is 2.22. The third kappa shape index (κ3) is 1.96. The zero-order chi connectivity index (χ0) is 12.4. The number of amides is 1. The monoisotopic (exact) mass is 230 g/mol. The highest BCUT2D eigenvalue weighted by molar-refractivity contribution is 5.94. The summed E-state index contributed by atoms with van der Waals surface area (Å²) in [4.78, 5) is 13.2. The van der Waals surface area contributed by atoms with Gasteiger partial charge in [-0.05, 0) is 36.6 Å². The molecule has 0 radical (unpaired) electrons. The minimum absolute atomic E-state index is 0.0948. The van der Waals surface area contributed by atoms with Gasteiger partial charge in [-0.25, -0.2) is 0 Å². The molecule has 88 valence electrons. The van der Waals surface area contributed by atoms with Crippen molar-refractivity contribution in [2.75, 3.05) is 12.0 Å². The van der Waals surface area contributed by atoms with Gasteiger partial charge in [0.05, 0.1) is 13.2 Å². The summed E-state index contributed by atoms with van der Waals surface area (Å²) in [6.07, 6.45) is 1.48. The lowest BCUT2D eigenvalue weighted by Crippen LogP contribution is -2.41. The first kappa shape index (κ1) is 11.5. The highest BCUT2D eigenvalue weighted by atomic mass is 16.5. The Hall–Kier alpha value is -2.02. The maximum absolute atomic E-state index is 11.6. The maximum Gasteiger partial charge on any atom is 0.225 e. The zero-order valence-corrected chi connectivity index (χ0v) is 9.93. The van der Waals surface area contributed by atoms with Crippen LogP contribution in [0.4, 0.5) is 5.69 Å². The Morgan fingerprint density at radius 3 is 2.94 bits per heavy atom. The largest absolute Gasteiger partial charge is 0.497 e. The van der Waals surface area contributed by atoms with E-state index in [-0.39, 0.29) is 11.9 Å². The van der Waals surface area contributed by atoms with Crippen LogP contribution >= 0.6 is 0 Å². The van der Waals surface area contributed by atoms with Gasteiger partial charge in [0, 0.05) is 12.6 Å². The number of methoxy groups -OCH3 is 1. The van der Waals surface area contributed by atoms with Gasteiger partial charge in [0.25, 0.3) is 0 Å². The van der Waals surface area contributed by atoms with Crippen molar-refractivity contribution in [2.24, 2.45) is 0 Å². The molecule has 4 nitrogen and oxygen atoms in total. The summed E-state index contributed by atoms with van der Waals surface area (Å²) in [5.41, 5.74) is 1.89. The molecule has 0 N–H and O–H groups in total. The first-order chi connectivity index (χ1) is 8.17. The van der Waals surface area contributed by atoms with Crippen LogP contribution in [0, 0.1) is 11.3 Å².